The van der Waals surface area contributed by atoms with Gasteiger partial charge in [-0.2, -0.15) is 4.98 Å². The molecule has 1 amide bonds. The Bertz CT molecular complexity index is 705. The number of hydrogen-bond donors (Lipinski definition) is 2. The van der Waals surface area contributed by atoms with Gasteiger partial charge in [-0.25, -0.2) is 4.98 Å². The van der Waals surface area contributed by atoms with Crippen molar-refractivity contribution < 1.29 is 9.53 Å². The van der Waals surface area contributed by atoms with E-state index in [9.17, 15) is 4.79 Å². The van der Waals surface area contributed by atoms with E-state index in [0.29, 0.717) is 34.9 Å². The number of carbonyl (C=O) groups is 1. The lowest BCUT2D eigenvalue weighted by Gasteiger charge is -2.17. The number of aromatic nitrogens is 2. The fraction of sp³-hybridized carbons (Fsp3) is 0.214. The number of aryl methyl sites for hydroxylation is 1. The van der Waals surface area contributed by atoms with Gasteiger partial charge in [-0.3, -0.25) is 4.79 Å². The van der Waals surface area contributed by atoms with Gasteiger partial charge in [0.15, 0.2) is 0 Å². The number of carbonyl (C=O) groups excluding carboxylic acids is 1. The standard InChI is InChI=1S/C14H13BrN4O2/c1-16-14-17-7-10(15)13(19-14)21-9-3-4-11-8(6-9)2-5-12(20)18-11/h3-4,6-7H,2,5H2,1H3,(H,18,20)(H,16,17,19). The van der Waals surface area contributed by atoms with E-state index < -0.39 is 0 Å². The van der Waals surface area contributed by atoms with Crippen molar-refractivity contribution in [2.45, 2.75) is 12.8 Å². The molecule has 2 aromatic rings. The average Bonchev–Trinajstić information content (AvgIpc) is 2.49. The molecule has 1 aromatic heterocycles. The second-order valence-corrected chi connectivity index (χ2v) is 5.42. The van der Waals surface area contributed by atoms with E-state index in [1.54, 1.807) is 19.3 Å². The highest BCUT2D eigenvalue weighted by Crippen LogP contribution is 2.31. The van der Waals surface area contributed by atoms with Gasteiger partial charge in [0, 0.05) is 19.2 Å². The van der Waals surface area contributed by atoms with Gasteiger partial charge in [0.25, 0.3) is 0 Å². The molecule has 2 N–H and O–H groups in total. The zero-order chi connectivity index (χ0) is 14.8. The fourth-order valence-electron chi connectivity index (χ4n) is 2.08. The third kappa shape index (κ3) is 2.97. The van der Waals surface area contributed by atoms with Crippen molar-refractivity contribution in [3.63, 3.8) is 0 Å². The number of halogens is 1. The SMILES string of the molecule is CNc1ncc(Br)c(Oc2ccc3c(c2)CCC(=O)N3)n1. The van der Waals surface area contributed by atoms with Crippen molar-refractivity contribution in [3.8, 4) is 11.6 Å². The lowest BCUT2D eigenvalue weighted by molar-refractivity contribution is -0.116. The minimum absolute atomic E-state index is 0.0494. The summed E-state index contributed by atoms with van der Waals surface area (Å²) in [7, 11) is 1.74. The fourth-order valence-corrected chi connectivity index (χ4v) is 2.35. The molecule has 0 radical (unpaired) electrons. The first-order chi connectivity index (χ1) is 10.2. The van der Waals surface area contributed by atoms with Gasteiger partial charge in [-0.1, -0.05) is 0 Å². The largest absolute Gasteiger partial charge is 0.438 e. The molecule has 108 valence electrons. The number of nitrogens with zero attached hydrogens (tertiary/aromatic N) is 2. The Morgan fingerprint density at radius 1 is 1.38 bits per heavy atom. The van der Waals surface area contributed by atoms with Crippen molar-refractivity contribution in [3.05, 3.63) is 34.4 Å². The first-order valence-corrected chi connectivity index (χ1v) is 7.26. The molecule has 7 heteroatoms. The molecule has 0 spiro atoms. The second kappa shape index (κ2) is 5.69. The predicted octanol–water partition coefficient (Wildman–Crippen LogP) is 2.96. The summed E-state index contributed by atoms with van der Waals surface area (Å²) in [5.74, 6) is 1.65. The maximum atomic E-state index is 11.3. The number of fused-ring (bicyclic) bond motifs is 1. The monoisotopic (exact) mass is 348 g/mol. The van der Waals surface area contributed by atoms with Crippen LogP contribution in [0.5, 0.6) is 11.6 Å². The van der Waals surface area contributed by atoms with E-state index in [2.05, 4.69) is 36.5 Å². The van der Waals surface area contributed by atoms with E-state index in [-0.39, 0.29) is 5.91 Å². The smallest absolute Gasteiger partial charge is 0.238 e. The van der Waals surface area contributed by atoms with Crippen LogP contribution >= 0.6 is 15.9 Å². The molecule has 3 rings (SSSR count). The Kier molecular flexibility index (Phi) is 3.74. The topological polar surface area (TPSA) is 76.1 Å². The summed E-state index contributed by atoms with van der Waals surface area (Å²) in [6.45, 7) is 0. The van der Waals surface area contributed by atoms with Crippen LogP contribution in [0.1, 0.15) is 12.0 Å². The molecule has 1 aromatic carbocycles. The number of ether oxygens (including phenoxy) is 1. The highest BCUT2D eigenvalue weighted by molar-refractivity contribution is 9.10. The molecule has 0 unspecified atom stereocenters. The van der Waals surface area contributed by atoms with E-state index in [0.717, 1.165) is 11.3 Å². The van der Waals surface area contributed by atoms with Gasteiger partial charge in [-0.05, 0) is 46.1 Å². The van der Waals surface area contributed by atoms with Crippen LogP contribution in [0, 0.1) is 0 Å². The number of amides is 1. The summed E-state index contributed by atoms with van der Waals surface area (Å²) in [6.07, 6.45) is 2.84. The third-order valence-corrected chi connectivity index (χ3v) is 3.67. The first-order valence-electron chi connectivity index (χ1n) is 6.46. The van der Waals surface area contributed by atoms with Crippen LogP contribution in [0.4, 0.5) is 11.6 Å². The molecule has 21 heavy (non-hydrogen) atoms. The van der Waals surface area contributed by atoms with Crippen molar-refractivity contribution in [2.24, 2.45) is 0 Å². The van der Waals surface area contributed by atoms with Gasteiger partial charge in [-0.15, -0.1) is 0 Å². The summed E-state index contributed by atoms with van der Waals surface area (Å²) in [6, 6.07) is 5.57. The summed E-state index contributed by atoms with van der Waals surface area (Å²) < 4.78 is 6.47. The zero-order valence-electron chi connectivity index (χ0n) is 11.3. The van der Waals surface area contributed by atoms with Gasteiger partial charge in [0.2, 0.25) is 17.7 Å². The Morgan fingerprint density at radius 2 is 2.24 bits per heavy atom. The van der Waals surface area contributed by atoms with Crippen LogP contribution < -0.4 is 15.4 Å². The second-order valence-electron chi connectivity index (χ2n) is 4.57. The molecule has 0 bridgehead atoms. The van der Waals surface area contributed by atoms with Crippen LogP contribution in [0.2, 0.25) is 0 Å². The van der Waals surface area contributed by atoms with Crippen LogP contribution in [0.3, 0.4) is 0 Å². The zero-order valence-corrected chi connectivity index (χ0v) is 12.9. The first kappa shape index (κ1) is 13.8. The molecule has 1 aliphatic heterocycles. The lowest BCUT2D eigenvalue weighted by atomic mass is 10.0. The summed E-state index contributed by atoms with van der Waals surface area (Å²) in [5, 5.41) is 5.71. The van der Waals surface area contributed by atoms with Gasteiger partial charge in [0.1, 0.15) is 5.75 Å². The maximum Gasteiger partial charge on any atom is 0.238 e. The van der Waals surface area contributed by atoms with E-state index in [4.69, 9.17) is 4.74 Å². The van der Waals surface area contributed by atoms with Crippen LogP contribution in [-0.2, 0) is 11.2 Å². The van der Waals surface area contributed by atoms with Crippen molar-refractivity contribution in [1.29, 1.82) is 0 Å². The molecule has 0 saturated heterocycles. The summed E-state index contributed by atoms with van der Waals surface area (Å²) >= 11 is 3.37. The van der Waals surface area contributed by atoms with Crippen molar-refractivity contribution >= 4 is 33.5 Å². The Labute approximate surface area is 130 Å². The molecule has 0 fully saturated rings. The van der Waals surface area contributed by atoms with Crippen LogP contribution in [0.25, 0.3) is 0 Å². The third-order valence-electron chi connectivity index (χ3n) is 3.12. The maximum absolute atomic E-state index is 11.3. The molecule has 0 saturated carbocycles. The number of benzene rings is 1. The summed E-state index contributed by atoms with van der Waals surface area (Å²) in [5.41, 5.74) is 1.90. The van der Waals surface area contributed by atoms with Crippen molar-refractivity contribution in [1.82, 2.24) is 9.97 Å². The molecular formula is C14H13BrN4O2. The quantitative estimate of drug-likeness (QED) is 0.891. The molecule has 0 atom stereocenters. The van der Waals surface area contributed by atoms with Gasteiger partial charge >= 0.3 is 0 Å². The number of nitrogens with one attached hydrogen (secondary N) is 2. The van der Waals surface area contributed by atoms with Gasteiger partial charge < -0.3 is 15.4 Å². The highest BCUT2D eigenvalue weighted by atomic mass is 79.9. The highest BCUT2D eigenvalue weighted by Gasteiger charge is 2.16. The molecule has 1 aliphatic rings. The molecule has 0 aliphatic carbocycles. The number of hydrogen-bond acceptors (Lipinski definition) is 5. The molecule has 6 nitrogen and oxygen atoms in total. The molecule has 2 heterocycles. The van der Waals surface area contributed by atoms with Crippen LogP contribution in [0.15, 0.2) is 28.9 Å². The Balaban J connectivity index is 1.87. The minimum Gasteiger partial charge on any atom is -0.438 e. The van der Waals surface area contributed by atoms with Crippen molar-refractivity contribution in [2.75, 3.05) is 17.7 Å². The number of anilines is 2. The van der Waals surface area contributed by atoms with E-state index in [1.807, 2.05) is 12.1 Å². The number of rotatable bonds is 3. The normalized spacial score (nSPS) is 13.3. The Morgan fingerprint density at radius 3 is 3.05 bits per heavy atom. The van der Waals surface area contributed by atoms with Crippen LogP contribution in [-0.4, -0.2) is 22.9 Å². The average molecular weight is 349 g/mol. The lowest BCUT2D eigenvalue weighted by Crippen LogP contribution is -2.18. The van der Waals surface area contributed by atoms with E-state index >= 15 is 0 Å². The minimum atomic E-state index is 0.0494. The van der Waals surface area contributed by atoms with Gasteiger partial charge in [0.05, 0.1) is 10.7 Å². The Hall–Kier alpha value is -2.15. The predicted molar refractivity (Wildman–Crippen MR) is 82.7 cm³/mol. The summed E-state index contributed by atoms with van der Waals surface area (Å²) in [4.78, 5) is 19.7. The molecular weight excluding hydrogens is 336 g/mol. The van der Waals surface area contributed by atoms with E-state index in [1.165, 1.54) is 0 Å².